The Kier molecular flexibility index (Phi) is 6.96. The van der Waals surface area contributed by atoms with Crippen molar-refractivity contribution in [3.63, 3.8) is 0 Å². The number of hydrogen-bond acceptors (Lipinski definition) is 6. The minimum Gasteiger partial charge on any atom is -0.309 e. The number of carbonyl (C=O) groups is 1. The number of rotatable bonds is 4. The molecule has 1 aromatic carbocycles. The molecule has 0 radical (unpaired) electrons. The van der Waals surface area contributed by atoms with Gasteiger partial charge in [0.05, 0.1) is 22.6 Å². The Morgan fingerprint density at radius 3 is 2.48 bits per heavy atom. The van der Waals surface area contributed by atoms with Crippen LogP contribution in [0.3, 0.4) is 0 Å². The number of pyridine rings is 3. The summed E-state index contributed by atoms with van der Waals surface area (Å²) in [5, 5.41) is 8.54. The quantitative estimate of drug-likeness (QED) is 0.341. The minimum absolute atomic E-state index is 0.115. The van der Waals surface area contributed by atoms with Crippen molar-refractivity contribution in [1.29, 1.82) is 0 Å². The van der Waals surface area contributed by atoms with Gasteiger partial charge in [0.1, 0.15) is 11.5 Å². The summed E-state index contributed by atoms with van der Waals surface area (Å²) < 4.78 is 3.39. The lowest BCUT2D eigenvalue weighted by Crippen LogP contribution is -2.35. The lowest BCUT2D eigenvalue weighted by molar-refractivity contribution is -0.117. The van der Waals surface area contributed by atoms with E-state index in [0.717, 1.165) is 44.4 Å². The number of likely N-dealkylation sites (N-methyl/N-ethyl adjacent to an activating group) is 1. The van der Waals surface area contributed by atoms with E-state index < -0.39 is 6.04 Å². The third-order valence-electron chi connectivity index (χ3n) is 7.30. The SMILES string of the molecule is CN[C@H](C)C(=O)Nc1cc(-c2c(C)nc(C)c3c(=O)n(C)n(C)c23)cc(C#Cc2ccc3c(C)nccc3c2)n1. The number of hydrogen-bond donors (Lipinski definition) is 2. The molecule has 0 fully saturated rings. The molecule has 0 bridgehead atoms. The summed E-state index contributed by atoms with van der Waals surface area (Å²) in [6.07, 6.45) is 1.79. The molecule has 4 aromatic heterocycles. The van der Waals surface area contributed by atoms with E-state index in [1.807, 2.05) is 62.8 Å². The van der Waals surface area contributed by atoms with Gasteiger partial charge in [-0.05, 0) is 81.9 Å². The highest BCUT2D eigenvalue weighted by Crippen LogP contribution is 2.32. The fourth-order valence-electron chi connectivity index (χ4n) is 4.92. The van der Waals surface area contributed by atoms with Gasteiger partial charge in [0.15, 0.2) is 0 Å². The van der Waals surface area contributed by atoms with Crippen LogP contribution in [0.5, 0.6) is 0 Å². The van der Waals surface area contributed by atoms with Crippen LogP contribution in [0.1, 0.15) is 35.3 Å². The lowest BCUT2D eigenvalue weighted by atomic mass is 10.0. The summed E-state index contributed by atoms with van der Waals surface area (Å²) in [7, 11) is 5.30. The van der Waals surface area contributed by atoms with Crippen molar-refractivity contribution in [2.45, 2.75) is 33.7 Å². The highest BCUT2D eigenvalue weighted by molar-refractivity contribution is 5.98. The summed E-state index contributed by atoms with van der Waals surface area (Å²) >= 11 is 0. The second-order valence-corrected chi connectivity index (χ2v) is 9.94. The maximum Gasteiger partial charge on any atom is 0.276 e. The molecule has 5 aromatic rings. The number of nitrogens with one attached hydrogen (secondary N) is 2. The minimum atomic E-state index is -0.417. The van der Waals surface area contributed by atoms with Gasteiger partial charge < -0.3 is 10.6 Å². The maximum absolute atomic E-state index is 13.0. The number of anilines is 1. The molecule has 1 amide bonds. The second kappa shape index (κ2) is 10.4. The fraction of sp³-hybridized carbons (Fsp3) is 0.258. The predicted octanol–water partition coefficient (Wildman–Crippen LogP) is 3.75. The van der Waals surface area contributed by atoms with E-state index in [-0.39, 0.29) is 11.5 Å². The fourth-order valence-corrected chi connectivity index (χ4v) is 4.92. The van der Waals surface area contributed by atoms with Gasteiger partial charge in [0, 0.05) is 48.2 Å². The van der Waals surface area contributed by atoms with Crippen LogP contribution in [0.15, 0.2) is 47.4 Å². The monoisotopic (exact) mass is 533 g/mol. The third-order valence-corrected chi connectivity index (χ3v) is 7.30. The highest BCUT2D eigenvalue weighted by Gasteiger charge is 2.21. The average molecular weight is 534 g/mol. The molecule has 0 unspecified atom stereocenters. The normalized spacial score (nSPS) is 11.9. The van der Waals surface area contributed by atoms with Gasteiger partial charge in [-0.15, -0.1) is 0 Å². The maximum atomic E-state index is 13.0. The first kappa shape index (κ1) is 26.8. The molecule has 0 spiro atoms. The number of carbonyl (C=O) groups excluding carboxylic acids is 1. The Morgan fingerprint density at radius 2 is 1.73 bits per heavy atom. The molecule has 4 heterocycles. The van der Waals surface area contributed by atoms with Crippen LogP contribution in [0, 0.1) is 32.6 Å². The Morgan fingerprint density at radius 1 is 0.950 bits per heavy atom. The molecule has 202 valence electrons. The standard InChI is InChI=1S/C31H31N7O2/c1-17-25-11-9-21(14-22(25)12-13-33-17)8-10-24-15-23(16-26(35-24)36-30(39)20(4)32-5)27-18(2)34-19(3)28-29(27)37(6)38(7)31(28)40/h9,11-16,20,32H,1-7H3,(H,35,36,39)/t20-/m1/s1. The van der Waals surface area contributed by atoms with Crippen LogP contribution in [-0.2, 0) is 18.9 Å². The first-order valence-corrected chi connectivity index (χ1v) is 13.0. The lowest BCUT2D eigenvalue weighted by Gasteiger charge is -2.14. The van der Waals surface area contributed by atoms with Gasteiger partial charge in [-0.2, -0.15) is 0 Å². The molecule has 0 aliphatic heterocycles. The van der Waals surface area contributed by atoms with Gasteiger partial charge in [-0.3, -0.25) is 28.9 Å². The number of aromatic nitrogens is 5. The molecule has 1 atom stereocenters. The van der Waals surface area contributed by atoms with E-state index >= 15 is 0 Å². The van der Waals surface area contributed by atoms with Crippen LogP contribution in [-0.4, -0.2) is 43.3 Å². The molecular formula is C31H31N7O2. The van der Waals surface area contributed by atoms with Crippen molar-refractivity contribution in [1.82, 2.24) is 29.6 Å². The zero-order valence-corrected chi connectivity index (χ0v) is 23.7. The Balaban J connectivity index is 1.69. The Bertz CT molecular complexity index is 1940. The van der Waals surface area contributed by atoms with E-state index in [0.29, 0.717) is 22.6 Å². The van der Waals surface area contributed by atoms with E-state index in [2.05, 4.69) is 32.4 Å². The smallest absolute Gasteiger partial charge is 0.276 e. The number of nitrogens with zero attached hydrogens (tertiary/aromatic N) is 5. The van der Waals surface area contributed by atoms with E-state index in [9.17, 15) is 9.59 Å². The van der Waals surface area contributed by atoms with Gasteiger partial charge in [0.2, 0.25) is 5.91 Å². The van der Waals surface area contributed by atoms with Crippen LogP contribution >= 0.6 is 0 Å². The van der Waals surface area contributed by atoms with E-state index in [1.54, 1.807) is 38.0 Å². The summed E-state index contributed by atoms with van der Waals surface area (Å²) in [6, 6.07) is 11.2. The highest BCUT2D eigenvalue weighted by atomic mass is 16.2. The molecule has 9 heteroatoms. The molecule has 0 aliphatic carbocycles. The summed E-state index contributed by atoms with van der Waals surface area (Å²) in [5.74, 6) is 6.54. The zero-order chi connectivity index (χ0) is 28.7. The average Bonchev–Trinajstić information content (AvgIpc) is 3.15. The van der Waals surface area contributed by atoms with Crippen LogP contribution in [0.25, 0.3) is 32.8 Å². The Hall–Kier alpha value is -4.81. The molecule has 40 heavy (non-hydrogen) atoms. The largest absolute Gasteiger partial charge is 0.309 e. The van der Waals surface area contributed by atoms with Crippen molar-refractivity contribution in [2.24, 2.45) is 14.1 Å². The summed E-state index contributed by atoms with van der Waals surface area (Å²) in [6.45, 7) is 7.51. The van der Waals surface area contributed by atoms with Crippen LogP contribution in [0.4, 0.5) is 5.82 Å². The first-order valence-electron chi connectivity index (χ1n) is 13.0. The molecule has 5 rings (SSSR count). The Labute approximate surface area is 232 Å². The van der Waals surface area contributed by atoms with E-state index in [1.165, 1.54) is 0 Å². The van der Waals surface area contributed by atoms with Crippen molar-refractivity contribution in [3.8, 4) is 23.0 Å². The molecule has 9 nitrogen and oxygen atoms in total. The molecule has 0 saturated carbocycles. The molecule has 2 N–H and O–H groups in total. The molecule has 0 aliphatic rings. The van der Waals surface area contributed by atoms with Gasteiger partial charge in [0.25, 0.3) is 5.56 Å². The van der Waals surface area contributed by atoms with Crippen molar-refractivity contribution < 1.29 is 4.79 Å². The number of benzene rings is 1. The molecule has 0 saturated heterocycles. The number of fused-ring (bicyclic) bond motifs is 2. The number of amides is 1. The first-order chi connectivity index (χ1) is 19.1. The summed E-state index contributed by atoms with van der Waals surface area (Å²) in [5.41, 5.74) is 5.90. The van der Waals surface area contributed by atoms with Crippen LogP contribution in [0.2, 0.25) is 0 Å². The van der Waals surface area contributed by atoms with E-state index in [4.69, 9.17) is 4.98 Å². The van der Waals surface area contributed by atoms with Crippen molar-refractivity contribution >= 4 is 33.4 Å². The predicted molar refractivity (Wildman–Crippen MR) is 158 cm³/mol. The van der Waals surface area contributed by atoms with Gasteiger partial charge >= 0.3 is 0 Å². The van der Waals surface area contributed by atoms with Crippen molar-refractivity contribution in [3.05, 3.63) is 81.3 Å². The van der Waals surface area contributed by atoms with Gasteiger partial charge in [-0.1, -0.05) is 12.0 Å². The zero-order valence-electron chi connectivity index (χ0n) is 23.7. The van der Waals surface area contributed by atoms with Gasteiger partial charge in [-0.25, -0.2) is 4.98 Å². The molecular weight excluding hydrogens is 502 g/mol. The van der Waals surface area contributed by atoms with Crippen molar-refractivity contribution in [2.75, 3.05) is 12.4 Å². The number of aryl methyl sites for hydroxylation is 4. The summed E-state index contributed by atoms with van der Waals surface area (Å²) in [4.78, 5) is 39.5. The topological polar surface area (TPSA) is 107 Å². The second-order valence-electron chi connectivity index (χ2n) is 9.94. The van der Waals surface area contributed by atoms with Crippen LogP contribution < -0.4 is 16.2 Å². The third kappa shape index (κ3) is 4.74.